The summed E-state index contributed by atoms with van der Waals surface area (Å²) in [5.41, 5.74) is 7.75. The van der Waals surface area contributed by atoms with Crippen LogP contribution in [0.4, 0.5) is 16.4 Å². The maximum atomic E-state index is 12.4. The molecule has 46 heavy (non-hydrogen) atoms. The van der Waals surface area contributed by atoms with Crippen LogP contribution in [0.5, 0.6) is 11.5 Å². The zero-order valence-corrected chi connectivity index (χ0v) is 24.8. The van der Waals surface area contributed by atoms with Gasteiger partial charge in [-0.3, -0.25) is 29.0 Å². The lowest BCUT2D eigenvalue weighted by Crippen LogP contribution is -2.37. The number of benzene rings is 1. The number of Topliss-reactive ketones (excluding diaryl/α,β-unsaturated/α-hetero) is 2. The molecule has 2 saturated heterocycles. The molecule has 1 aromatic carbocycles. The Morgan fingerprint density at radius 1 is 0.804 bits per heavy atom. The molecule has 0 spiro atoms. The molecule has 6 heterocycles. The fourth-order valence-corrected chi connectivity index (χ4v) is 5.48. The molecular formula is C32H32N6O8. The van der Waals surface area contributed by atoms with Crippen LogP contribution < -0.4 is 30.3 Å². The summed E-state index contributed by atoms with van der Waals surface area (Å²) in [5, 5.41) is 2.72. The number of alkyl carbamates (subject to hydrolysis) is 1. The van der Waals surface area contributed by atoms with Gasteiger partial charge in [0.2, 0.25) is 11.8 Å². The van der Waals surface area contributed by atoms with Crippen LogP contribution in [-0.4, -0.2) is 77.8 Å². The first-order valence-corrected chi connectivity index (χ1v) is 14.8. The van der Waals surface area contributed by atoms with Crippen LogP contribution in [-0.2, 0) is 43.4 Å². The Bertz CT molecular complexity index is 1680. The first-order valence-electron chi connectivity index (χ1n) is 14.8. The Balaban J connectivity index is 0.000000178. The van der Waals surface area contributed by atoms with E-state index in [0.717, 1.165) is 5.56 Å². The molecule has 0 bridgehead atoms. The van der Waals surface area contributed by atoms with Gasteiger partial charge < -0.3 is 25.3 Å². The minimum Gasteiger partial charge on any atom is -0.484 e. The average Bonchev–Trinajstić information content (AvgIpc) is 3.59. The highest BCUT2D eigenvalue weighted by atomic mass is 16.5. The Morgan fingerprint density at radius 2 is 1.37 bits per heavy atom. The Hall–Kier alpha value is -5.37. The minimum absolute atomic E-state index is 0.00315. The van der Waals surface area contributed by atoms with E-state index in [1.165, 1.54) is 4.90 Å². The van der Waals surface area contributed by atoms with Crippen LogP contribution in [0.15, 0.2) is 54.6 Å². The molecule has 2 atom stereocenters. The van der Waals surface area contributed by atoms with E-state index < -0.39 is 6.09 Å². The monoisotopic (exact) mass is 628 g/mol. The van der Waals surface area contributed by atoms with Crippen LogP contribution in [0.25, 0.3) is 0 Å². The van der Waals surface area contributed by atoms with Crippen molar-refractivity contribution in [2.45, 2.75) is 44.4 Å². The number of rotatable bonds is 5. The number of hydrogen-bond acceptors (Lipinski definition) is 11. The predicted molar refractivity (Wildman–Crippen MR) is 162 cm³/mol. The van der Waals surface area contributed by atoms with Crippen molar-refractivity contribution >= 4 is 41.1 Å². The Labute approximate surface area is 263 Å². The number of amides is 3. The first kappa shape index (κ1) is 30.6. The number of pyridine rings is 2. The molecule has 4 aliphatic rings. The number of ether oxygens (including phenoxy) is 3. The number of ketones is 2. The lowest BCUT2D eigenvalue weighted by atomic mass is 10.1. The molecule has 0 aliphatic carbocycles. The van der Waals surface area contributed by atoms with Crippen molar-refractivity contribution in [2.24, 2.45) is 5.73 Å². The smallest absolute Gasteiger partial charge is 0.407 e. The first-order chi connectivity index (χ1) is 22.2. The van der Waals surface area contributed by atoms with Crippen LogP contribution in [0, 0.1) is 0 Å². The quantitative estimate of drug-likeness (QED) is 0.415. The lowest BCUT2D eigenvalue weighted by Gasteiger charge is -2.20. The van der Waals surface area contributed by atoms with E-state index in [-0.39, 0.29) is 74.5 Å². The molecule has 238 valence electrons. The van der Waals surface area contributed by atoms with E-state index in [2.05, 4.69) is 15.3 Å². The zero-order valence-electron chi connectivity index (χ0n) is 24.8. The highest BCUT2D eigenvalue weighted by molar-refractivity contribution is 5.96. The molecule has 2 unspecified atom stereocenters. The summed E-state index contributed by atoms with van der Waals surface area (Å²) in [6.45, 7) is 1.08. The summed E-state index contributed by atoms with van der Waals surface area (Å²) in [5.74, 6) is 1.95. The van der Waals surface area contributed by atoms with E-state index in [0.29, 0.717) is 54.0 Å². The number of hydrogen-bond donors (Lipinski definition) is 2. The van der Waals surface area contributed by atoms with Gasteiger partial charge in [0.1, 0.15) is 43.0 Å². The molecule has 2 aromatic heterocycles. The molecule has 0 radical (unpaired) electrons. The fourth-order valence-electron chi connectivity index (χ4n) is 5.48. The van der Waals surface area contributed by atoms with Gasteiger partial charge in [-0.05, 0) is 29.8 Å². The lowest BCUT2D eigenvalue weighted by molar-refractivity contribution is -0.122. The van der Waals surface area contributed by atoms with Crippen molar-refractivity contribution in [1.82, 2.24) is 15.3 Å². The van der Waals surface area contributed by atoms with Gasteiger partial charge in [0, 0.05) is 32.0 Å². The molecule has 14 nitrogen and oxygen atoms in total. The third kappa shape index (κ3) is 7.12. The number of carbonyl (C=O) groups excluding carboxylic acids is 5. The van der Waals surface area contributed by atoms with Crippen LogP contribution in [0.3, 0.4) is 0 Å². The number of aromatic nitrogens is 2. The second-order valence-electron chi connectivity index (χ2n) is 11.3. The Kier molecular flexibility index (Phi) is 8.88. The summed E-state index contributed by atoms with van der Waals surface area (Å²) < 4.78 is 15.8. The highest BCUT2D eigenvalue weighted by Crippen LogP contribution is 2.28. The number of carbonyl (C=O) groups is 5. The Morgan fingerprint density at radius 3 is 1.93 bits per heavy atom. The van der Waals surface area contributed by atoms with E-state index in [9.17, 15) is 24.0 Å². The van der Waals surface area contributed by atoms with Gasteiger partial charge in [-0.25, -0.2) is 14.8 Å². The van der Waals surface area contributed by atoms with Crippen LogP contribution in [0.1, 0.15) is 29.8 Å². The van der Waals surface area contributed by atoms with Crippen molar-refractivity contribution in [3.63, 3.8) is 0 Å². The molecule has 0 saturated carbocycles. The summed E-state index contributed by atoms with van der Waals surface area (Å²) in [4.78, 5) is 70.8. The summed E-state index contributed by atoms with van der Waals surface area (Å²) in [6.07, 6.45) is 0.389. The van der Waals surface area contributed by atoms with E-state index in [1.807, 2.05) is 30.3 Å². The third-order valence-corrected chi connectivity index (χ3v) is 7.71. The molecule has 3 amide bonds. The zero-order chi connectivity index (χ0) is 32.2. The van der Waals surface area contributed by atoms with Crippen LogP contribution >= 0.6 is 0 Å². The van der Waals surface area contributed by atoms with Gasteiger partial charge in [-0.2, -0.15) is 0 Å². The van der Waals surface area contributed by atoms with Crippen molar-refractivity contribution in [3.05, 3.63) is 71.5 Å². The number of nitrogens with two attached hydrogens (primary N) is 1. The van der Waals surface area contributed by atoms with Gasteiger partial charge >= 0.3 is 6.09 Å². The number of anilines is 2. The standard InChI is InChI=1S/C20H19N3O5.C12H13N3O3/c24-15-9-16-17(27-12-15)6-7-18(22-16)23-10-14(8-19(23)25)21-20(26)28-11-13-4-2-1-3-5-13;13-7-3-12(17)15(5-7)11-2-1-10-9(14-11)4-8(16)6-18-10/h1-7,14H,8-12H2,(H,21,26);1-2,7H,3-6,13H2. The molecule has 14 heteroatoms. The van der Waals surface area contributed by atoms with Gasteiger partial charge in [0.25, 0.3) is 0 Å². The van der Waals surface area contributed by atoms with Gasteiger partial charge in [0.05, 0.1) is 30.3 Å². The SMILES string of the molecule is NC1CC(=O)N(c2ccc3c(n2)CC(=O)CO3)C1.O=C1COc2ccc(N3CC(NC(=O)OCc4ccccc4)CC3=O)nc2C1. The molecule has 3 aromatic rings. The van der Waals surface area contributed by atoms with Crippen LogP contribution in [0.2, 0.25) is 0 Å². The molecule has 3 N–H and O–H groups in total. The fraction of sp³-hybridized carbons (Fsp3) is 0.344. The maximum Gasteiger partial charge on any atom is 0.407 e. The topological polar surface area (TPSA) is 183 Å². The minimum atomic E-state index is -0.569. The molecule has 7 rings (SSSR count). The molecular weight excluding hydrogens is 596 g/mol. The average molecular weight is 629 g/mol. The third-order valence-electron chi connectivity index (χ3n) is 7.71. The largest absolute Gasteiger partial charge is 0.484 e. The van der Waals surface area contributed by atoms with Gasteiger partial charge in [0.15, 0.2) is 11.6 Å². The van der Waals surface area contributed by atoms with Crippen molar-refractivity contribution in [1.29, 1.82) is 0 Å². The van der Waals surface area contributed by atoms with Crippen molar-refractivity contribution in [2.75, 3.05) is 36.1 Å². The number of fused-ring (bicyclic) bond motifs is 2. The number of nitrogens with zero attached hydrogens (tertiary/aromatic N) is 4. The number of nitrogens with one attached hydrogen (secondary N) is 1. The summed E-state index contributed by atoms with van der Waals surface area (Å²) >= 11 is 0. The van der Waals surface area contributed by atoms with Crippen molar-refractivity contribution < 1.29 is 38.2 Å². The second-order valence-corrected chi connectivity index (χ2v) is 11.3. The summed E-state index contributed by atoms with van der Waals surface area (Å²) in [6, 6.07) is 15.7. The second kappa shape index (κ2) is 13.3. The highest BCUT2D eigenvalue weighted by Gasteiger charge is 2.34. The normalized spacial score (nSPS) is 20.2. The maximum absolute atomic E-state index is 12.4. The van der Waals surface area contributed by atoms with E-state index in [4.69, 9.17) is 19.9 Å². The van der Waals surface area contributed by atoms with E-state index in [1.54, 1.807) is 29.2 Å². The summed E-state index contributed by atoms with van der Waals surface area (Å²) in [7, 11) is 0. The van der Waals surface area contributed by atoms with Gasteiger partial charge in [-0.1, -0.05) is 30.3 Å². The molecule has 2 fully saturated rings. The predicted octanol–water partition coefficient (Wildman–Crippen LogP) is 1.27. The molecule has 4 aliphatic heterocycles. The van der Waals surface area contributed by atoms with E-state index >= 15 is 0 Å². The van der Waals surface area contributed by atoms with Gasteiger partial charge in [-0.15, -0.1) is 0 Å². The van der Waals surface area contributed by atoms with Crippen molar-refractivity contribution in [3.8, 4) is 11.5 Å².